The lowest BCUT2D eigenvalue weighted by Gasteiger charge is -2.37. The van der Waals surface area contributed by atoms with Gasteiger partial charge in [-0.3, -0.25) is 4.90 Å². The first-order valence-corrected chi connectivity index (χ1v) is 10.2. The lowest BCUT2D eigenvalue weighted by atomic mass is 9.84. The molecule has 2 aliphatic heterocycles. The summed E-state index contributed by atoms with van der Waals surface area (Å²) >= 11 is 0. The number of rotatable bonds is 5. The van der Waals surface area contributed by atoms with E-state index in [2.05, 4.69) is 31.6 Å². The highest BCUT2D eigenvalue weighted by Crippen LogP contribution is 2.31. The Hall–Kier alpha value is -0.980. The molecule has 1 aromatic heterocycles. The molecule has 1 atom stereocenters. The molecule has 1 saturated carbocycles. The lowest BCUT2D eigenvalue weighted by molar-refractivity contribution is 0.0775. The molecule has 0 aromatic carbocycles. The van der Waals surface area contributed by atoms with Crippen molar-refractivity contribution in [2.75, 3.05) is 32.7 Å². The normalized spacial score (nSPS) is 27.5. The number of aliphatic hydroxyl groups is 1. The molecular formula is C19H33N5O. The zero-order valence-electron chi connectivity index (χ0n) is 15.6. The van der Waals surface area contributed by atoms with Crippen LogP contribution in [-0.4, -0.2) is 68.5 Å². The van der Waals surface area contributed by atoms with Crippen LogP contribution in [0.5, 0.6) is 0 Å². The SMILES string of the molecule is Cn1c(CN2CCC(O)CC2)nnc1C1CCCN(CC2CCC2)C1. The second-order valence-electron chi connectivity index (χ2n) is 8.44. The fourth-order valence-corrected chi connectivity index (χ4v) is 4.62. The largest absolute Gasteiger partial charge is 0.393 e. The molecule has 1 N–H and O–H groups in total. The first-order chi connectivity index (χ1) is 12.2. The second kappa shape index (κ2) is 7.72. The van der Waals surface area contributed by atoms with Gasteiger partial charge in [0.2, 0.25) is 0 Å². The van der Waals surface area contributed by atoms with E-state index in [1.54, 1.807) is 0 Å². The maximum absolute atomic E-state index is 9.67. The Morgan fingerprint density at radius 1 is 0.960 bits per heavy atom. The second-order valence-corrected chi connectivity index (χ2v) is 8.44. The fraction of sp³-hybridized carbons (Fsp3) is 0.895. The van der Waals surface area contributed by atoms with E-state index in [4.69, 9.17) is 0 Å². The Kier molecular flexibility index (Phi) is 5.39. The van der Waals surface area contributed by atoms with Crippen LogP contribution < -0.4 is 0 Å². The van der Waals surface area contributed by atoms with Crippen molar-refractivity contribution < 1.29 is 5.11 Å². The molecular weight excluding hydrogens is 314 g/mol. The Morgan fingerprint density at radius 2 is 1.76 bits per heavy atom. The van der Waals surface area contributed by atoms with Gasteiger partial charge in [0.25, 0.3) is 0 Å². The van der Waals surface area contributed by atoms with Gasteiger partial charge in [0.05, 0.1) is 12.6 Å². The van der Waals surface area contributed by atoms with Crippen LogP contribution in [0.4, 0.5) is 0 Å². The highest BCUT2D eigenvalue weighted by Gasteiger charge is 2.29. The van der Waals surface area contributed by atoms with E-state index in [1.807, 2.05) is 0 Å². The summed E-state index contributed by atoms with van der Waals surface area (Å²) in [5.41, 5.74) is 0. The predicted molar refractivity (Wildman–Crippen MR) is 97.3 cm³/mol. The number of hydrogen-bond acceptors (Lipinski definition) is 5. The van der Waals surface area contributed by atoms with E-state index in [-0.39, 0.29) is 6.10 Å². The van der Waals surface area contributed by atoms with Crippen LogP contribution in [0.25, 0.3) is 0 Å². The maximum Gasteiger partial charge on any atom is 0.146 e. The topological polar surface area (TPSA) is 57.4 Å². The third-order valence-corrected chi connectivity index (χ3v) is 6.53. The number of nitrogens with zero attached hydrogens (tertiary/aromatic N) is 5. The Bertz CT molecular complexity index is 562. The van der Waals surface area contributed by atoms with Gasteiger partial charge in [-0.1, -0.05) is 6.42 Å². The first kappa shape index (κ1) is 17.4. The van der Waals surface area contributed by atoms with Crippen LogP contribution in [0, 0.1) is 5.92 Å². The van der Waals surface area contributed by atoms with Gasteiger partial charge in [-0.05, 0) is 51.0 Å². The number of piperidine rings is 2. The van der Waals surface area contributed by atoms with Gasteiger partial charge in [-0.2, -0.15) is 0 Å². The molecule has 1 aromatic rings. The third-order valence-electron chi connectivity index (χ3n) is 6.53. The molecule has 2 saturated heterocycles. The Balaban J connectivity index is 1.36. The van der Waals surface area contributed by atoms with E-state index in [1.165, 1.54) is 51.0 Å². The zero-order chi connectivity index (χ0) is 17.2. The van der Waals surface area contributed by atoms with Crippen molar-refractivity contribution in [1.29, 1.82) is 0 Å². The standard InChI is InChI=1S/C19H33N5O/c1-22-18(14-23-10-7-17(25)8-11-23)20-21-19(22)16-6-3-9-24(13-16)12-15-4-2-5-15/h15-17,25H,2-14H2,1H3. The van der Waals surface area contributed by atoms with Crippen molar-refractivity contribution in [3.05, 3.63) is 11.6 Å². The van der Waals surface area contributed by atoms with Crippen molar-refractivity contribution in [3.8, 4) is 0 Å². The quantitative estimate of drug-likeness (QED) is 0.879. The molecule has 0 spiro atoms. The molecule has 0 radical (unpaired) electrons. The maximum atomic E-state index is 9.67. The van der Waals surface area contributed by atoms with Crippen molar-refractivity contribution >= 4 is 0 Å². The smallest absolute Gasteiger partial charge is 0.146 e. The van der Waals surface area contributed by atoms with Crippen molar-refractivity contribution in [3.63, 3.8) is 0 Å². The lowest BCUT2D eigenvalue weighted by Crippen LogP contribution is -2.40. The van der Waals surface area contributed by atoms with Crippen LogP contribution in [0.3, 0.4) is 0 Å². The molecule has 6 nitrogen and oxygen atoms in total. The molecule has 0 bridgehead atoms. The monoisotopic (exact) mass is 347 g/mol. The summed E-state index contributed by atoms with van der Waals surface area (Å²) in [4.78, 5) is 5.06. The van der Waals surface area contributed by atoms with Gasteiger partial charge in [-0.25, -0.2) is 0 Å². The molecule has 140 valence electrons. The van der Waals surface area contributed by atoms with Crippen LogP contribution in [-0.2, 0) is 13.6 Å². The van der Waals surface area contributed by atoms with Crippen molar-refractivity contribution in [2.24, 2.45) is 13.0 Å². The van der Waals surface area contributed by atoms with Gasteiger partial charge < -0.3 is 14.6 Å². The van der Waals surface area contributed by atoms with Gasteiger partial charge in [-0.15, -0.1) is 10.2 Å². The summed E-state index contributed by atoms with van der Waals surface area (Å²) in [6.45, 7) is 6.47. The number of aromatic nitrogens is 3. The van der Waals surface area contributed by atoms with Crippen LogP contribution >= 0.6 is 0 Å². The average molecular weight is 348 g/mol. The van der Waals surface area contributed by atoms with E-state index >= 15 is 0 Å². The van der Waals surface area contributed by atoms with Gasteiger partial charge in [0.15, 0.2) is 0 Å². The molecule has 1 aliphatic carbocycles. The predicted octanol–water partition coefficient (Wildman–Crippen LogP) is 1.75. The summed E-state index contributed by atoms with van der Waals surface area (Å²) in [5.74, 6) is 3.72. The molecule has 6 heteroatoms. The van der Waals surface area contributed by atoms with Crippen LogP contribution in [0.15, 0.2) is 0 Å². The summed E-state index contributed by atoms with van der Waals surface area (Å²) in [6, 6.07) is 0. The van der Waals surface area contributed by atoms with Gasteiger partial charge in [0.1, 0.15) is 11.6 Å². The van der Waals surface area contributed by atoms with E-state index in [9.17, 15) is 5.11 Å². The van der Waals surface area contributed by atoms with E-state index in [0.717, 1.165) is 50.8 Å². The number of aliphatic hydroxyl groups excluding tert-OH is 1. The average Bonchev–Trinajstić information content (AvgIpc) is 2.94. The summed E-state index contributed by atoms with van der Waals surface area (Å²) in [7, 11) is 2.13. The summed E-state index contributed by atoms with van der Waals surface area (Å²) in [6.07, 6.45) is 8.46. The van der Waals surface area contributed by atoms with Crippen LogP contribution in [0.1, 0.15) is 62.5 Å². The van der Waals surface area contributed by atoms with Gasteiger partial charge in [0, 0.05) is 39.1 Å². The first-order valence-electron chi connectivity index (χ1n) is 10.2. The highest BCUT2D eigenvalue weighted by molar-refractivity contribution is 5.04. The fourth-order valence-electron chi connectivity index (χ4n) is 4.62. The highest BCUT2D eigenvalue weighted by atomic mass is 16.3. The van der Waals surface area contributed by atoms with E-state index in [0.29, 0.717) is 5.92 Å². The molecule has 3 fully saturated rings. The minimum absolute atomic E-state index is 0.116. The molecule has 1 unspecified atom stereocenters. The molecule has 3 heterocycles. The number of likely N-dealkylation sites (tertiary alicyclic amines) is 2. The minimum Gasteiger partial charge on any atom is -0.393 e. The summed E-state index contributed by atoms with van der Waals surface area (Å²) < 4.78 is 2.24. The van der Waals surface area contributed by atoms with Gasteiger partial charge >= 0.3 is 0 Å². The minimum atomic E-state index is -0.116. The zero-order valence-corrected chi connectivity index (χ0v) is 15.6. The van der Waals surface area contributed by atoms with E-state index < -0.39 is 0 Å². The molecule has 3 aliphatic rings. The number of hydrogen-bond donors (Lipinski definition) is 1. The summed E-state index contributed by atoms with van der Waals surface area (Å²) in [5, 5.41) is 18.8. The Morgan fingerprint density at radius 3 is 2.48 bits per heavy atom. The third kappa shape index (κ3) is 4.07. The molecule has 0 amide bonds. The van der Waals surface area contributed by atoms with Crippen molar-refractivity contribution in [2.45, 2.75) is 63.5 Å². The van der Waals surface area contributed by atoms with Crippen LogP contribution in [0.2, 0.25) is 0 Å². The Labute approximate surface area is 151 Å². The molecule has 4 rings (SSSR count). The van der Waals surface area contributed by atoms with Crippen molar-refractivity contribution in [1.82, 2.24) is 24.6 Å². The molecule has 25 heavy (non-hydrogen) atoms.